The third kappa shape index (κ3) is 3.55. The number of ether oxygens (including phenoxy) is 1. The summed E-state index contributed by atoms with van der Waals surface area (Å²) in [6.07, 6.45) is 6.04. The molecule has 0 aliphatic carbocycles. The molecule has 12 heavy (non-hydrogen) atoms. The van der Waals surface area contributed by atoms with Gasteiger partial charge in [0.1, 0.15) is 0 Å². The van der Waals surface area contributed by atoms with Crippen molar-refractivity contribution in [2.45, 2.75) is 45.1 Å². The second-order valence-corrected chi connectivity index (χ2v) is 3.84. The van der Waals surface area contributed by atoms with Crippen LogP contribution in [0.4, 0.5) is 0 Å². The van der Waals surface area contributed by atoms with Gasteiger partial charge in [0.2, 0.25) is 0 Å². The van der Waals surface area contributed by atoms with Crippen LogP contribution >= 0.6 is 0 Å². The van der Waals surface area contributed by atoms with E-state index in [4.69, 9.17) is 10.5 Å². The van der Waals surface area contributed by atoms with Gasteiger partial charge in [-0.15, -0.1) is 0 Å². The van der Waals surface area contributed by atoms with Gasteiger partial charge in [-0.05, 0) is 31.6 Å². The van der Waals surface area contributed by atoms with Gasteiger partial charge < -0.3 is 10.5 Å². The van der Waals surface area contributed by atoms with E-state index in [9.17, 15) is 0 Å². The number of hydrogen-bond acceptors (Lipinski definition) is 2. The van der Waals surface area contributed by atoms with E-state index in [1.54, 1.807) is 0 Å². The first-order valence-electron chi connectivity index (χ1n) is 5.16. The van der Waals surface area contributed by atoms with Crippen LogP contribution in [0.2, 0.25) is 0 Å². The molecule has 1 saturated heterocycles. The molecular formula is C10H21NO. The normalized spacial score (nSPS) is 22.5. The van der Waals surface area contributed by atoms with Gasteiger partial charge in [-0.25, -0.2) is 0 Å². The van der Waals surface area contributed by atoms with Crippen LogP contribution in [0.5, 0.6) is 0 Å². The summed E-state index contributed by atoms with van der Waals surface area (Å²) in [5, 5.41) is 0. The predicted molar refractivity (Wildman–Crippen MR) is 51.0 cm³/mol. The summed E-state index contributed by atoms with van der Waals surface area (Å²) >= 11 is 0. The average Bonchev–Trinajstić information content (AvgIpc) is 2.06. The Balaban J connectivity index is 2.11. The Hall–Kier alpha value is -0.0800. The number of nitrogens with two attached hydrogens (primary N) is 1. The molecule has 0 aromatic heterocycles. The minimum Gasteiger partial charge on any atom is -0.381 e. The molecule has 0 aromatic rings. The molecule has 2 heteroatoms. The highest BCUT2D eigenvalue weighted by Gasteiger charge is 2.16. The van der Waals surface area contributed by atoms with Gasteiger partial charge in [0.15, 0.2) is 0 Å². The monoisotopic (exact) mass is 171 g/mol. The lowest BCUT2D eigenvalue weighted by Gasteiger charge is -2.24. The summed E-state index contributed by atoms with van der Waals surface area (Å²) in [6.45, 7) is 4.09. The maximum atomic E-state index is 5.97. The SMILES string of the molecule is CCC[C@@H](N)CC1CCOCC1. The Kier molecular flexibility index (Phi) is 4.62. The summed E-state index contributed by atoms with van der Waals surface area (Å²) in [5.41, 5.74) is 5.97. The summed E-state index contributed by atoms with van der Waals surface area (Å²) in [4.78, 5) is 0. The molecule has 1 aliphatic heterocycles. The second kappa shape index (κ2) is 5.55. The van der Waals surface area contributed by atoms with Crippen LogP contribution in [-0.4, -0.2) is 19.3 Å². The molecule has 0 amide bonds. The Labute approximate surface area is 75.5 Å². The van der Waals surface area contributed by atoms with E-state index in [-0.39, 0.29) is 0 Å². The van der Waals surface area contributed by atoms with Crippen molar-refractivity contribution in [2.75, 3.05) is 13.2 Å². The summed E-state index contributed by atoms with van der Waals surface area (Å²) < 4.78 is 5.30. The first kappa shape index (κ1) is 10.0. The fraction of sp³-hybridized carbons (Fsp3) is 1.00. The van der Waals surface area contributed by atoms with Crippen LogP contribution in [0.15, 0.2) is 0 Å². The standard InChI is InChI=1S/C10H21NO/c1-2-3-10(11)8-9-4-6-12-7-5-9/h9-10H,2-8,11H2,1H3/t10-/m1/s1. The van der Waals surface area contributed by atoms with Gasteiger partial charge in [0.25, 0.3) is 0 Å². The van der Waals surface area contributed by atoms with Gasteiger partial charge in [-0.2, -0.15) is 0 Å². The van der Waals surface area contributed by atoms with Crippen LogP contribution < -0.4 is 5.73 Å². The van der Waals surface area contributed by atoms with Crippen molar-refractivity contribution < 1.29 is 4.74 Å². The van der Waals surface area contributed by atoms with E-state index < -0.39 is 0 Å². The summed E-state index contributed by atoms with van der Waals surface area (Å²) in [7, 11) is 0. The van der Waals surface area contributed by atoms with Crippen molar-refractivity contribution in [2.24, 2.45) is 11.7 Å². The summed E-state index contributed by atoms with van der Waals surface area (Å²) in [5.74, 6) is 0.834. The van der Waals surface area contributed by atoms with Gasteiger partial charge in [-0.1, -0.05) is 13.3 Å². The largest absolute Gasteiger partial charge is 0.381 e. The van der Waals surface area contributed by atoms with Crippen molar-refractivity contribution >= 4 is 0 Å². The van der Waals surface area contributed by atoms with E-state index in [0.717, 1.165) is 19.1 Å². The zero-order valence-electron chi connectivity index (χ0n) is 8.09. The van der Waals surface area contributed by atoms with Gasteiger partial charge in [0.05, 0.1) is 0 Å². The molecule has 0 aromatic carbocycles. The van der Waals surface area contributed by atoms with Crippen LogP contribution in [0.3, 0.4) is 0 Å². The zero-order chi connectivity index (χ0) is 8.81. The average molecular weight is 171 g/mol. The van der Waals surface area contributed by atoms with Crippen LogP contribution in [-0.2, 0) is 4.74 Å². The third-order valence-electron chi connectivity index (χ3n) is 2.64. The lowest BCUT2D eigenvalue weighted by Crippen LogP contribution is -2.26. The predicted octanol–water partition coefficient (Wildman–Crippen LogP) is 1.93. The first-order valence-corrected chi connectivity index (χ1v) is 5.16. The minimum atomic E-state index is 0.429. The lowest BCUT2D eigenvalue weighted by molar-refractivity contribution is 0.0616. The molecule has 2 nitrogen and oxygen atoms in total. The van der Waals surface area contributed by atoms with E-state index in [1.807, 2.05) is 0 Å². The fourth-order valence-corrected chi connectivity index (χ4v) is 1.90. The first-order chi connectivity index (χ1) is 5.83. The van der Waals surface area contributed by atoms with Gasteiger partial charge >= 0.3 is 0 Å². The van der Waals surface area contributed by atoms with E-state index in [0.29, 0.717) is 6.04 Å². The number of rotatable bonds is 4. The van der Waals surface area contributed by atoms with Crippen molar-refractivity contribution in [3.05, 3.63) is 0 Å². The Bertz CT molecular complexity index is 110. The molecule has 1 heterocycles. The van der Waals surface area contributed by atoms with Gasteiger partial charge in [0, 0.05) is 19.3 Å². The second-order valence-electron chi connectivity index (χ2n) is 3.84. The van der Waals surface area contributed by atoms with Crippen LogP contribution in [0, 0.1) is 5.92 Å². The molecule has 1 fully saturated rings. The molecule has 0 saturated carbocycles. The van der Waals surface area contributed by atoms with Crippen LogP contribution in [0.1, 0.15) is 39.0 Å². The highest BCUT2D eigenvalue weighted by atomic mass is 16.5. The summed E-state index contributed by atoms with van der Waals surface area (Å²) in [6, 6.07) is 0.429. The van der Waals surface area contributed by atoms with Crippen molar-refractivity contribution in [3.63, 3.8) is 0 Å². The molecule has 0 radical (unpaired) electrons. The topological polar surface area (TPSA) is 35.2 Å². The Morgan fingerprint density at radius 1 is 1.42 bits per heavy atom. The fourth-order valence-electron chi connectivity index (χ4n) is 1.90. The van der Waals surface area contributed by atoms with Crippen LogP contribution in [0.25, 0.3) is 0 Å². The minimum absolute atomic E-state index is 0.429. The maximum Gasteiger partial charge on any atom is 0.0468 e. The van der Waals surface area contributed by atoms with Gasteiger partial charge in [-0.3, -0.25) is 0 Å². The Morgan fingerprint density at radius 2 is 2.08 bits per heavy atom. The number of hydrogen-bond donors (Lipinski definition) is 1. The van der Waals surface area contributed by atoms with E-state index in [2.05, 4.69) is 6.92 Å². The molecule has 0 unspecified atom stereocenters. The Morgan fingerprint density at radius 3 is 2.67 bits per heavy atom. The van der Waals surface area contributed by atoms with E-state index in [1.165, 1.54) is 32.1 Å². The quantitative estimate of drug-likeness (QED) is 0.701. The molecule has 1 aliphatic rings. The highest BCUT2D eigenvalue weighted by Crippen LogP contribution is 2.20. The smallest absolute Gasteiger partial charge is 0.0468 e. The maximum absolute atomic E-state index is 5.97. The molecule has 2 N–H and O–H groups in total. The molecule has 1 atom stereocenters. The molecule has 1 rings (SSSR count). The van der Waals surface area contributed by atoms with Crippen molar-refractivity contribution in [1.82, 2.24) is 0 Å². The lowest BCUT2D eigenvalue weighted by atomic mass is 9.91. The zero-order valence-corrected chi connectivity index (χ0v) is 8.09. The van der Waals surface area contributed by atoms with Crippen molar-refractivity contribution in [3.8, 4) is 0 Å². The highest BCUT2D eigenvalue weighted by molar-refractivity contribution is 4.70. The molecule has 0 bridgehead atoms. The molecular weight excluding hydrogens is 150 g/mol. The third-order valence-corrected chi connectivity index (χ3v) is 2.64. The van der Waals surface area contributed by atoms with Crippen molar-refractivity contribution in [1.29, 1.82) is 0 Å². The molecule has 72 valence electrons. The molecule has 0 spiro atoms. The van der Waals surface area contributed by atoms with E-state index >= 15 is 0 Å².